The third kappa shape index (κ3) is 3.61. The summed E-state index contributed by atoms with van der Waals surface area (Å²) in [5, 5.41) is 10.4. The van der Waals surface area contributed by atoms with Gasteiger partial charge in [0.05, 0.1) is 6.10 Å². The SMILES string of the molecule is CCC(O)C(OC(N)=O)c1ccc(Cl)cc1C. The normalized spacial score (nSPS) is 14.1. The number of nitrogens with two attached hydrogens (primary N) is 1. The highest BCUT2D eigenvalue weighted by atomic mass is 35.5. The first-order valence-corrected chi connectivity index (χ1v) is 5.73. The smallest absolute Gasteiger partial charge is 0.405 e. The molecule has 2 atom stereocenters. The minimum Gasteiger partial charge on any atom is -0.439 e. The third-order valence-corrected chi connectivity index (χ3v) is 2.78. The van der Waals surface area contributed by atoms with Crippen LogP contribution in [0.5, 0.6) is 0 Å². The van der Waals surface area contributed by atoms with Crippen molar-refractivity contribution in [3.05, 3.63) is 34.3 Å². The number of hydrogen-bond donors (Lipinski definition) is 2. The minimum atomic E-state index is -0.906. The molecule has 2 unspecified atom stereocenters. The van der Waals surface area contributed by atoms with Gasteiger partial charge in [-0.15, -0.1) is 0 Å². The van der Waals surface area contributed by atoms with Gasteiger partial charge in [-0.05, 0) is 36.6 Å². The van der Waals surface area contributed by atoms with Crippen LogP contribution in [0.4, 0.5) is 4.79 Å². The van der Waals surface area contributed by atoms with E-state index in [0.29, 0.717) is 17.0 Å². The van der Waals surface area contributed by atoms with Crippen molar-refractivity contribution in [1.82, 2.24) is 0 Å². The Labute approximate surface area is 105 Å². The fraction of sp³-hybridized carbons (Fsp3) is 0.417. The molecule has 1 rings (SSSR count). The van der Waals surface area contributed by atoms with E-state index < -0.39 is 18.3 Å². The fourth-order valence-corrected chi connectivity index (χ4v) is 1.87. The van der Waals surface area contributed by atoms with Gasteiger partial charge in [-0.25, -0.2) is 4.79 Å². The first-order valence-electron chi connectivity index (χ1n) is 5.36. The van der Waals surface area contributed by atoms with Crippen molar-refractivity contribution in [2.75, 3.05) is 0 Å². The number of aliphatic hydroxyl groups excluding tert-OH is 1. The van der Waals surface area contributed by atoms with Gasteiger partial charge < -0.3 is 15.6 Å². The van der Waals surface area contributed by atoms with E-state index in [1.807, 2.05) is 6.92 Å². The molecule has 4 nitrogen and oxygen atoms in total. The molecule has 0 aliphatic rings. The van der Waals surface area contributed by atoms with Crippen LogP contribution in [0.3, 0.4) is 0 Å². The van der Waals surface area contributed by atoms with Crippen LogP contribution in [0.15, 0.2) is 18.2 Å². The number of primary amides is 1. The van der Waals surface area contributed by atoms with Crippen LogP contribution in [0.25, 0.3) is 0 Å². The summed E-state index contributed by atoms with van der Waals surface area (Å²) in [4.78, 5) is 10.8. The maximum Gasteiger partial charge on any atom is 0.405 e. The molecule has 0 radical (unpaired) electrons. The van der Waals surface area contributed by atoms with Crippen LogP contribution in [-0.4, -0.2) is 17.3 Å². The van der Waals surface area contributed by atoms with Gasteiger partial charge >= 0.3 is 6.09 Å². The molecule has 1 aromatic carbocycles. The Hall–Kier alpha value is -1.26. The summed E-state index contributed by atoms with van der Waals surface area (Å²) in [5.74, 6) is 0. The average molecular weight is 258 g/mol. The molecule has 94 valence electrons. The number of hydrogen-bond acceptors (Lipinski definition) is 3. The largest absolute Gasteiger partial charge is 0.439 e. The standard InChI is InChI=1S/C12H16ClNO3/c1-3-10(15)11(17-12(14)16)9-5-4-8(13)6-7(9)2/h4-6,10-11,15H,3H2,1-2H3,(H2,14,16). The number of carbonyl (C=O) groups is 1. The number of aryl methyl sites for hydroxylation is 1. The second-order valence-electron chi connectivity index (χ2n) is 3.83. The zero-order valence-corrected chi connectivity index (χ0v) is 10.6. The minimum absolute atomic E-state index is 0.458. The van der Waals surface area contributed by atoms with Gasteiger partial charge in [0.25, 0.3) is 0 Å². The molecule has 1 amide bonds. The lowest BCUT2D eigenvalue weighted by Gasteiger charge is -2.23. The van der Waals surface area contributed by atoms with Crippen molar-refractivity contribution in [3.63, 3.8) is 0 Å². The Morgan fingerprint density at radius 1 is 1.59 bits per heavy atom. The zero-order chi connectivity index (χ0) is 13.0. The highest BCUT2D eigenvalue weighted by molar-refractivity contribution is 6.30. The number of benzene rings is 1. The molecular weight excluding hydrogens is 242 g/mol. The molecule has 0 saturated carbocycles. The van der Waals surface area contributed by atoms with Crippen LogP contribution in [0.1, 0.15) is 30.6 Å². The number of carbonyl (C=O) groups excluding carboxylic acids is 1. The Bertz CT molecular complexity index is 409. The van der Waals surface area contributed by atoms with E-state index in [2.05, 4.69) is 0 Å². The lowest BCUT2D eigenvalue weighted by molar-refractivity contribution is 0.00304. The summed E-state index contributed by atoms with van der Waals surface area (Å²) in [6.07, 6.45) is -1.99. The summed E-state index contributed by atoms with van der Waals surface area (Å²) >= 11 is 5.85. The van der Waals surface area contributed by atoms with Crippen LogP contribution < -0.4 is 5.73 Å². The van der Waals surface area contributed by atoms with Crippen molar-refractivity contribution >= 4 is 17.7 Å². The maximum atomic E-state index is 10.8. The average Bonchev–Trinajstić information content (AvgIpc) is 2.25. The highest BCUT2D eigenvalue weighted by Gasteiger charge is 2.24. The number of halogens is 1. The fourth-order valence-electron chi connectivity index (χ4n) is 1.65. The lowest BCUT2D eigenvalue weighted by atomic mass is 9.98. The summed E-state index contributed by atoms with van der Waals surface area (Å²) < 4.78 is 4.96. The van der Waals surface area contributed by atoms with E-state index in [0.717, 1.165) is 5.56 Å². The second-order valence-corrected chi connectivity index (χ2v) is 4.27. The van der Waals surface area contributed by atoms with E-state index in [9.17, 15) is 9.90 Å². The molecule has 0 spiro atoms. The van der Waals surface area contributed by atoms with E-state index in [4.69, 9.17) is 22.1 Å². The lowest BCUT2D eigenvalue weighted by Crippen LogP contribution is -2.26. The first kappa shape index (κ1) is 13.8. The molecule has 0 aromatic heterocycles. The number of rotatable bonds is 4. The van der Waals surface area contributed by atoms with E-state index in [1.165, 1.54) is 0 Å². The van der Waals surface area contributed by atoms with Gasteiger partial charge in [0.1, 0.15) is 0 Å². The molecule has 3 N–H and O–H groups in total. The molecule has 0 aliphatic heterocycles. The summed E-state index contributed by atoms with van der Waals surface area (Å²) in [7, 11) is 0. The summed E-state index contributed by atoms with van der Waals surface area (Å²) in [6.45, 7) is 3.63. The summed E-state index contributed by atoms with van der Waals surface area (Å²) in [5.41, 5.74) is 6.56. The Morgan fingerprint density at radius 3 is 2.71 bits per heavy atom. The summed E-state index contributed by atoms with van der Waals surface area (Å²) in [6, 6.07) is 5.16. The van der Waals surface area contributed by atoms with Gasteiger partial charge in [0.15, 0.2) is 6.10 Å². The topological polar surface area (TPSA) is 72.6 Å². The number of amides is 1. The zero-order valence-electron chi connectivity index (χ0n) is 9.81. The number of ether oxygens (including phenoxy) is 1. The Morgan fingerprint density at radius 2 is 2.24 bits per heavy atom. The van der Waals surface area contributed by atoms with Crippen molar-refractivity contribution in [3.8, 4) is 0 Å². The quantitative estimate of drug-likeness (QED) is 0.871. The second kappa shape index (κ2) is 5.89. The molecular formula is C12H16ClNO3. The van der Waals surface area contributed by atoms with Crippen molar-refractivity contribution in [1.29, 1.82) is 0 Å². The maximum absolute atomic E-state index is 10.8. The van der Waals surface area contributed by atoms with Gasteiger partial charge in [-0.2, -0.15) is 0 Å². The van der Waals surface area contributed by atoms with E-state index in [1.54, 1.807) is 25.1 Å². The molecule has 0 fully saturated rings. The van der Waals surface area contributed by atoms with Crippen molar-refractivity contribution in [2.45, 2.75) is 32.5 Å². The monoisotopic (exact) mass is 257 g/mol. The van der Waals surface area contributed by atoms with Gasteiger partial charge in [-0.3, -0.25) is 0 Å². The first-order chi connectivity index (χ1) is 7.95. The van der Waals surface area contributed by atoms with Crippen LogP contribution in [-0.2, 0) is 4.74 Å². The van der Waals surface area contributed by atoms with Crippen molar-refractivity contribution in [2.24, 2.45) is 5.73 Å². The molecule has 0 heterocycles. The number of aliphatic hydroxyl groups is 1. The van der Waals surface area contributed by atoms with E-state index in [-0.39, 0.29) is 0 Å². The van der Waals surface area contributed by atoms with Gasteiger partial charge in [-0.1, -0.05) is 24.6 Å². The van der Waals surface area contributed by atoms with Crippen LogP contribution >= 0.6 is 11.6 Å². The molecule has 0 bridgehead atoms. The molecule has 0 saturated heterocycles. The van der Waals surface area contributed by atoms with E-state index >= 15 is 0 Å². The highest BCUT2D eigenvalue weighted by Crippen LogP contribution is 2.28. The molecule has 17 heavy (non-hydrogen) atoms. The van der Waals surface area contributed by atoms with Gasteiger partial charge in [0, 0.05) is 5.02 Å². The predicted octanol–water partition coefficient (Wildman–Crippen LogP) is 2.56. The molecule has 0 aliphatic carbocycles. The molecule has 1 aromatic rings. The van der Waals surface area contributed by atoms with Crippen LogP contribution in [0, 0.1) is 6.92 Å². The molecule has 5 heteroatoms. The Balaban J connectivity index is 3.07. The van der Waals surface area contributed by atoms with Crippen LogP contribution in [0.2, 0.25) is 5.02 Å². The predicted molar refractivity (Wildman–Crippen MR) is 65.9 cm³/mol. The van der Waals surface area contributed by atoms with Gasteiger partial charge in [0.2, 0.25) is 0 Å². The Kier molecular flexibility index (Phi) is 4.78. The third-order valence-electron chi connectivity index (χ3n) is 2.55. The van der Waals surface area contributed by atoms with Crippen molar-refractivity contribution < 1.29 is 14.6 Å².